The smallest absolute Gasteiger partial charge is 0.450 e. The van der Waals surface area contributed by atoms with Crippen LogP contribution < -0.4 is 10.2 Å². The molecule has 1 heterocycles. The monoisotopic (exact) mass is 496 g/mol. The molecular weight excluding hydrogens is 487 g/mol. The molecule has 0 aliphatic rings. The molecule has 0 saturated carbocycles. The standard InChI is InChI=1S/C23H10Cl2F4O4/c24-11-5-7-13(16(25)9-11)19-20(30)15-8-6-12(10-18(15)33-21(19)23(27,28)29)32-22(31)14-3-1-2-4-17(14)26/h1-10H. The predicted octanol–water partition coefficient (Wildman–Crippen LogP) is 7.14. The van der Waals surface area contributed by atoms with Gasteiger partial charge in [-0.1, -0.05) is 41.4 Å². The van der Waals surface area contributed by atoms with Crippen LogP contribution in [0.3, 0.4) is 0 Å². The molecule has 0 bridgehead atoms. The highest BCUT2D eigenvalue weighted by atomic mass is 35.5. The van der Waals surface area contributed by atoms with Crippen molar-refractivity contribution in [3.8, 4) is 16.9 Å². The second-order valence-corrected chi connectivity index (χ2v) is 7.63. The molecule has 4 nitrogen and oxygen atoms in total. The van der Waals surface area contributed by atoms with Gasteiger partial charge in [0.1, 0.15) is 17.1 Å². The molecule has 0 atom stereocenters. The number of halogens is 6. The van der Waals surface area contributed by atoms with Gasteiger partial charge in [-0.3, -0.25) is 4.79 Å². The lowest BCUT2D eigenvalue weighted by atomic mass is 10.0. The van der Waals surface area contributed by atoms with E-state index in [1.807, 2.05) is 0 Å². The number of fused-ring (bicyclic) bond motifs is 1. The molecule has 0 aliphatic carbocycles. The maximum absolute atomic E-state index is 13.8. The molecule has 4 aromatic rings. The van der Waals surface area contributed by atoms with Crippen molar-refractivity contribution in [3.05, 3.63) is 98.1 Å². The molecule has 4 rings (SSSR count). The number of benzene rings is 3. The molecule has 0 saturated heterocycles. The summed E-state index contributed by atoms with van der Waals surface area (Å²) in [5.74, 6) is -3.74. The van der Waals surface area contributed by atoms with Gasteiger partial charge in [-0.05, 0) is 36.4 Å². The number of esters is 1. The lowest BCUT2D eigenvalue weighted by Crippen LogP contribution is -2.16. The SMILES string of the molecule is O=C(Oc1ccc2c(=O)c(-c3ccc(Cl)cc3Cl)c(C(F)(F)F)oc2c1)c1ccccc1F. The van der Waals surface area contributed by atoms with Gasteiger partial charge in [0.05, 0.1) is 21.5 Å². The maximum atomic E-state index is 13.8. The minimum atomic E-state index is -5.05. The summed E-state index contributed by atoms with van der Waals surface area (Å²) in [4.78, 5) is 25.2. The zero-order valence-corrected chi connectivity index (χ0v) is 17.7. The highest BCUT2D eigenvalue weighted by Gasteiger charge is 2.40. The average Bonchev–Trinajstić information content (AvgIpc) is 2.74. The second kappa shape index (κ2) is 8.53. The summed E-state index contributed by atoms with van der Waals surface area (Å²) in [7, 11) is 0. The Morgan fingerprint density at radius 2 is 1.70 bits per heavy atom. The Hall–Kier alpha value is -3.36. The third-order valence-electron chi connectivity index (χ3n) is 4.63. The number of rotatable bonds is 3. The van der Waals surface area contributed by atoms with Crippen molar-refractivity contribution in [2.24, 2.45) is 0 Å². The molecule has 0 aliphatic heterocycles. The van der Waals surface area contributed by atoms with Gasteiger partial charge in [0.25, 0.3) is 0 Å². The highest BCUT2D eigenvalue weighted by molar-refractivity contribution is 6.36. The summed E-state index contributed by atoms with van der Waals surface area (Å²) in [5.41, 5.74) is -2.85. The van der Waals surface area contributed by atoms with E-state index in [2.05, 4.69) is 0 Å². The number of hydrogen-bond donors (Lipinski definition) is 0. The molecule has 0 spiro atoms. The van der Waals surface area contributed by atoms with E-state index in [9.17, 15) is 27.2 Å². The van der Waals surface area contributed by atoms with Crippen LogP contribution in [0.5, 0.6) is 5.75 Å². The summed E-state index contributed by atoms with van der Waals surface area (Å²) < 4.78 is 65.3. The third-order valence-corrected chi connectivity index (χ3v) is 5.17. The van der Waals surface area contributed by atoms with E-state index in [0.29, 0.717) is 0 Å². The molecule has 1 aromatic heterocycles. The Kier molecular flexibility index (Phi) is 5.90. The molecule has 0 N–H and O–H groups in total. The zero-order valence-electron chi connectivity index (χ0n) is 16.2. The van der Waals surface area contributed by atoms with E-state index < -0.39 is 40.3 Å². The largest absolute Gasteiger partial charge is 0.450 e. The molecule has 0 unspecified atom stereocenters. The first-order valence-electron chi connectivity index (χ1n) is 9.16. The molecule has 168 valence electrons. The zero-order chi connectivity index (χ0) is 23.9. The summed E-state index contributed by atoms with van der Waals surface area (Å²) in [6.45, 7) is 0. The van der Waals surface area contributed by atoms with Gasteiger partial charge >= 0.3 is 12.1 Å². The van der Waals surface area contributed by atoms with Crippen molar-refractivity contribution in [2.45, 2.75) is 6.18 Å². The lowest BCUT2D eigenvalue weighted by molar-refractivity contribution is -0.152. The number of carbonyl (C=O) groups is 1. The van der Waals surface area contributed by atoms with Gasteiger partial charge in [0.2, 0.25) is 11.2 Å². The third kappa shape index (κ3) is 4.44. The second-order valence-electron chi connectivity index (χ2n) is 6.78. The van der Waals surface area contributed by atoms with Crippen LogP contribution in [0.4, 0.5) is 17.6 Å². The van der Waals surface area contributed by atoms with Crippen LogP contribution in [-0.2, 0) is 6.18 Å². The van der Waals surface area contributed by atoms with Crippen molar-refractivity contribution >= 4 is 40.1 Å². The van der Waals surface area contributed by atoms with E-state index in [4.69, 9.17) is 32.4 Å². The van der Waals surface area contributed by atoms with Crippen LogP contribution in [-0.4, -0.2) is 5.97 Å². The fraction of sp³-hybridized carbons (Fsp3) is 0.0435. The lowest BCUT2D eigenvalue weighted by Gasteiger charge is -2.14. The van der Waals surface area contributed by atoms with Crippen molar-refractivity contribution in [3.63, 3.8) is 0 Å². The van der Waals surface area contributed by atoms with Gasteiger partial charge in [0.15, 0.2) is 0 Å². The van der Waals surface area contributed by atoms with Gasteiger partial charge in [-0.2, -0.15) is 13.2 Å². The minimum absolute atomic E-state index is 0.170. The molecule has 3 aromatic carbocycles. The quantitative estimate of drug-likeness (QED) is 0.172. The first-order valence-corrected chi connectivity index (χ1v) is 9.92. The van der Waals surface area contributed by atoms with Crippen LogP contribution in [0, 0.1) is 5.82 Å². The topological polar surface area (TPSA) is 56.5 Å². The summed E-state index contributed by atoms with van der Waals surface area (Å²) in [5, 5.41) is -0.214. The first-order chi connectivity index (χ1) is 15.6. The molecule has 0 fully saturated rings. The van der Waals surface area contributed by atoms with E-state index in [1.165, 1.54) is 42.5 Å². The number of alkyl halides is 3. The summed E-state index contributed by atoms with van der Waals surface area (Å²) in [6.07, 6.45) is -5.05. The fourth-order valence-corrected chi connectivity index (χ4v) is 3.67. The van der Waals surface area contributed by atoms with Crippen molar-refractivity contribution in [1.82, 2.24) is 0 Å². The Balaban J connectivity index is 1.86. The van der Waals surface area contributed by atoms with Gasteiger partial charge in [0, 0.05) is 16.7 Å². The molecule has 0 radical (unpaired) electrons. The Morgan fingerprint density at radius 1 is 0.970 bits per heavy atom. The first kappa shape index (κ1) is 22.8. The predicted molar refractivity (Wildman–Crippen MR) is 114 cm³/mol. The van der Waals surface area contributed by atoms with Crippen LogP contribution in [0.15, 0.2) is 69.9 Å². The van der Waals surface area contributed by atoms with E-state index in [0.717, 1.165) is 18.2 Å². The summed E-state index contributed by atoms with van der Waals surface area (Å²) in [6, 6.07) is 12.0. The maximum Gasteiger partial charge on any atom is 0.450 e. The van der Waals surface area contributed by atoms with Crippen LogP contribution >= 0.6 is 23.2 Å². The van der Waals surface area contributed by atoms with Crippen LogP contribution in [0.25, 0.3) is 22.1 Å². The van der Waals surface area contributed by atoms with Crippen LogP contribution in [0.1, 0.15) is 16.1 Å². The number of ether oxygens (including phenoxy) is 1. The van der Waals surface area contributed by atoms with E-state index in [-0.39, 0.29) is 32.3 Å². The van der Waals surface area contributed by atoms with E-state index >= 15 is 0 Å². The normalized spacial score (nSPS) is 11.6. The summed E-state index contributed by atoms with van der Waals surface area (Å²) >= 11 is 11.9. The number of carbonyl (C=O) groups excluding carboxylic acids is 1. The van der Waals surface area contributed by atoms with Crippen LogP contribution in [0.2, 0.25) is 10.0 Å². The average molecular weight is 497 g/mol. The fourth-order valence-electron chi connectivity index (χ4n) is 3.16. The molecule has 10 heteroatoms. The molecular formula is C23H10Cl2F4O4. The minimum Gasteiger partial charge on any atom is -0.450 e. The molecule has 33 heavy (non-hydrogen) atoms. The Labute approximate surface area is 192 Å². The Morgan fingerprint density at radius 3 is 2.36 bits per heavy atom. The van der Waals surface area contributed by atoms with Gasteiger partial charge in [-0.15, -0.1) is 0 Å². The molecule has 0 amide bonds. The Bertz CT molecular complexity index is 1460. The van der Waals surface area contributed by atoms with Crippen molar-refractivity contribution in [2.75, 3.05) is 0 Å². The van der Waals surface area contributed by atoms with Crippen molar-refractivity contribution in [1.29, 1.82) is 0 Å². The highest BCUT2D eigenvalue weighted by Crippen LogP contribution is 2.40. The number of hydrogen-bond acceptors (Lipinski definition) is 4. The van der Waals surface area contributed by atoms with Gasteiger partial charge < -0.3 is 9.15 Å². The van der Waals surface area contributed by atoms with Gasteiger partial charge in [-0.25, -0.2) is 9.18 Å². The van der Waals surface area contributed by atoms with E-state index in [1.54, 1.807) is 0 Å². The van der Waals surface area contributed by atoms with Crippen molar-refractivity contribution < 1.29 is 31.5 Å².